The summed E-state index contributed by atoms with van der Waals surface area (Å²) >= 11 is 0. The quantitative estimate of drug-likeness (QED) is 0.814. The number of carbonyl (C=O) groups is 1. The van der Waals surface area contributed by atoms with Gasteiger partial charge in [0, 0.05) is 25.6 Å². The van der Waals surface area contributed by atoms with E-state index < -0.39 is 18.1 Å². The minimum Gasteiger partial charge on any atom is -0.342 e. The highest BCUT2D eigenvalue weighted by molar-refractivity contribution is 5.78. The average molecular weight is 252 g/mol. The number of rotatable bonds is 2. The molecule has 0 aromatic rings. The number of nitrogens with two attached hydrogens (primary N) is 1. The van der Waals surface area contributed by atoms with E-state index in [2.05, 4.69) is 0 Å². The Bertz CT molecular complexity index is 281. The van der Waals surface area contributed by atoms with E-state index in [1.54, 1.807) is 13.8 Å². The maximum Gasteiger partial charge on any atom is 0.395 e. The maximum absolute atomic E-state index is 12.9. The predicted octanol–water partition coefficient (Wildman–Crippen LogP) is 1.77. The second-order valence-corrected chi connectivity index (χ2v) is 4.96. The predicted molar refractivity (Wildman–Crippen MR) is 58.2 cm³/mol. The van der Waals surface area contributed by atoms with Crippen LogP contribution in [0.4, 0.5) is 13.2 Å². The zero-order chi connectivity index (χ0) is 13.3. The molecule has 1 fully saturated rings. The maximum atomic E-state index is 12.9. The molecule has 0 aliphatic carbocycles. The van der Waals surface area contributed by atoms with E-state index in [-0.39, 0.29) is 37.8 Å². The number of hydrogen-bond acceptors (Lipinski definition) is 2. The van der Waals surface area contributed by atoms with Crippen molar-refractivity contribution in [1.82, 2.24) is 4.90 Å². The van der Waals surface area contributed by atoms with Crippen LogP contribution >= 0.6 is 0 Å². The second-order valence-electron chi connectivity index (χ2n) is 4.96. The van der Waals surface area contributed by atoms with Crippen LogP contribution in [0.15, 0.2) is 0 Å². The largest absolute Gasteiger partial charge is 0.395 e. The Morgan fingerprint density at radius 2 is 1.82 bits per heavy atom. The van der Waals surface area contributed by atoms with Crippen molar-refractivity contribution in [2.24, 2.45) is 17.1 Å². The molecule has 1 saturated heterocycles. The van der Waals surface area contributed by atoms with E-state index in [1.807, 2.05) is 0 Å². The van der Waals surface area contributed by atoms with Crippen molar-refractivity contribution >= 4 is 5.91 Å². The van der Waals surface area contributed by atoms with Crippen molar-refractivity contribution in [2.75, 3.05) is 19.6 Å². The van der Waals surface area contributed by atoms with Crippen molar-refractivity contribution in [2.45, 2.75) is 32.9 Å². The van der Waals surface area contributed by atoms with E-state index >= 15 is 0 Å². The minimum absolute atomic E-state index is 0.0854. The van der Waals surface area contributed by atoms with Crippen molar-refractivity contribution in [3.05, 3.63) is 0 Å². The van der Waals surface area contributed by atoms with Gasteiger partial charge in [-0.2, -0.15) is 13.2 Å². The third-order valence-electron chi connectivity index (χ3n) is 3.52. The van der Waals surface area contributed by atoms with Gasteiger partial charge in [-0.15, -0.1) is 0 Å². The van der Waals surface area contributed by atoms with Crippen LogP contribution in [0.3, 0.4) is 0 Å². The first-order valence-corrected chi connectivity index (χ1v) is 5.79. The Hall–Kier alpha value is -0.780. The molecule has 1 rings (SSSR count). The molecule has 2 N–H and O–H groups in total. The van der Waals surface area contributed by atoms with Gasteiger partial charge in [0.1, 0.15) is 0 Å². The molecule has 1 amide bonds. The van der Waals surface area contributed by atoms with E-state index in [0.29, 0.717) is 0 Å². The summed E-state index contributed by atoms with van der Waals surface area (Å²) in [4.78, 5) is 13.2. The van der Waals surface area contributed by atoms with Gasteiger partial charge in [-0.05, 0) is 12.8 Å². The normalized spacial score (nSPS) is 20.8. The standard InChI is InChI=1S/C11H19F3N2O/c1-8(2)9(17)16-5-3-10(7-15,4-6-16)11(12,13)14/h8H,3-7,15H2,1-2H3. The Balaban J connectivity index is 2.69. The number of amides is 1. The fourth-order valence-corrected chi connectivity index (χ4v) is 2.12. The number of likely N-dealkylation sites (tertiary alicyclic amines) is 1. The van der Waals surface area contributed by atoms with Crippen LogP contribution in [-0.2, 0) is 4.79 Å². The van der Waals surface area contributed by atoms with E-state index in [1.165, 1.54) is 4.90 Å². The average Bonchev–Trinajstić information content (AvgIpc) is 2.26. The van der Waals surface area contributed by atoms with Gasteiger partial charge in [-0.1, -0.05) is 13.8 Å². The SMILES string of the molecule is CC(C)C(=O)N1CCC(CN)(C(F)(F)F)CC1. The Morgan fingerprint density at radius 3 is 2.12 bits per heavy atom. The lowest BCUT2D eigenvalue weighted by Crippen LogP contribution is -2.53. The number of piperidine rings is 1. The van der Waals surface area contributed by atoms with Crippen molar-refractivity contribution in [3.63, 3.8) is 0 Å². The van der Waals surface area contributed by atoms with Gasteiger partial charge in [-0.3, -0.25) is 4.79 Å². The van der Waals surface area contributed by atoms with Gasteiger partial charge in [0.2, 0.25) is 5.91 Å². The zero-order valence-electron chi connectivity index (χ0n) is 10.2. The summed E-state index contributed by atoms with van der Waals surface area (Å²) in [6.07, 6.45) is -4.47. The van der Waals surface area contributed by atoms with Crippen LogP contribution in [-0.4, -0.2) is 36.6 Å². The molecule has 0 radical (unpaired) electrons. The highest BCUT2D eigenvalue weighted by Crippen LogP contribution is 2.45. The van der Waals surface area contributed by atoms with Gasteiger partial charge in [-0.25, -0.2) is 0 Å². The molecule has 3 nitrogen and oxygen atoms in total. The molecule has 0 bridgehead atoms. The highest BCUT2D eigenvalue weighted by atomic mass is 19.4. The number of carbonyl (C=O) groups excluding carboxylic acids is 1. The molecule has 0 unspecified atom stereocenters. The zero-order valence-corrected chi connectivity index (χ0v) is 10.2. The lowest BCUT2D eigenvalue weighted by Gasteiger charge is -2.42. The highest BCUT2D eigenvalue weighted by Gasteiger charge is 2.54. The van der Waals surface area contributed by atoms with E-state index in [4.69, 9.17) is 5.73 Å². The fraction of sp³-hybridized carbons (Fsp3) is 0.909. The fourth-order valence-electron chi connectivity index (χ4n) is 2.12. The molecule has 0 aromatic carbocycles. The molecule has 0 spiro atoms. The van der Waals surface area contributed by atoms with Crippen LogP contribution in [0, 0.1) is 11.3 Å². The molecule has 100 valence electrons. The summed E-state index contributed by atoms with van der Waals surface area (Å²) in [5.41, 5.74) is 3.48. The van der Waals surface area contributed by atoms with Crippen LogP contribution < -0.4 is 5.73 Å². The van der Waals surface area contributed by atoms with Gasteiger partial charge < -0.3 is 10.6 Å². The lowest BCUT2D eigenvalue weighted by atomic mass is 9.77. The molecule has 6 heteroatoms. The van der Waals surface area contributed by atoms with Crippen LogP contribution in [0.5, 0.6) is 0 Å². The summed E-state index contributed by atoms with van der Waals surface area (Å²) < 4.78 is 38.7. The van der Waals surface area contributed by atoms with Gasteiger partial charge >= 0.3 is 6.18 Å². The van der Waals surface area contributed by atoms with E-state index in [9.17, 15) is 18.0 Å². The van der Waals surface area contributed by atoms with Crippen molar-refractivity contribution in [1.29, 1.82) is 0 Å². The van der Waals surface area contributed by atoms with Crippen LogP contribution in [0.1, 0.15) is 26.7 Å². The summed E-state index contributed by atoms with van der Waals surface area (Å²) in [7, 11) is 0. The lowest BCUT2D eigenvalue weighted by molar-refractivity contribution is -0.234. The van der Waals surface area contributed by atoms with Crippen molar-refractivity contribution < 1.29 is 18.0 Å². The Labute approximate surface area is 99.1 Å². The minimum atomic E-state index is -4.28. The molecule has 1 aliphatic heterocycles. The second kappa shape index (κ2) is 4.84. The molecule has 0 aromatic heterocycles. The van der Waals surface area contributed by atoms with Gasteiger partial charge in [0.05, 0.1) is 5.41 Å². The Kier molecular flexibility index (Phi) is 4.06. The number of hydrogen-bond donors (Lipinski definition) is 1. The molecule has 1 heterocycles. The molecular weight excluding hydrogens is 233 g/mol. The van der Waals surface area contributed by atoms with Crippen molar-refractivity contribution in [3.8, 4) is 0 Å². The number of halogens is 3. The summed E-state index contributed by atoms with van der Waals surface area (Å²) in [6, 6.07) is 0. The van der Waals surface area contributed by atoms with E-state index in [0.717, 1.165) is 0 Å². The molecule has 0 saturated carbocycles. The van der Waals surface area contributed by atoms with Gasteiger partial charge in [0.25, 0.3) is 0 Å². The first-order valence-electron chi connectivity index (χ1n) is 5.79. The topological polar surface area (TPSA) is 46.3 Å². The first-order chi connectivity index (χ1) is 7.73. The summed E-state index contributed by atoms with van der Waals surface area (Å²) in [5.74, 6) is -0.260. The summed E-state index contributed by atoms with van der Waals surface area (Å²) in [5, 5.41) is 0. The smallest absolute Gasteiger partial charge is 0.342 e. The third kappa shape index (κ3) is 2.73. The first kappa shape index (κ1) is 14.3. The number of alkyl halides is 3. The third-order valence-corrected chi connectivity index (χ3v) is 3.52. The Morgan fingerprint density at radius 1 is 1.35 bits per heavy atom. The summed E-state index contributed by atoms with van der Waals surface area (Å²) in [6.45, 7) is 3.38. The molecular formula is C11H19F3N2O. The molecule has 1 aliphatic rings. The monoisotopic (exact) mass is 252 g/mol. The van der Waals surface area contributed by atoms with Crippen LogP contribution in [0.2, 0.25) is 0 Å². The molecule has 17 heavy (non-hydrogen) atoms. The van der Waals surface area contributed by atoms with Gasteiger partial charge in [0.15, 0.2) is 0 Å². The van der Waals surface area contributed by atoms with Crippen LogP contribution in [0.25, 0.3) is 0 Å². The molecule has 0 atom stereocenters. The number of nitrogens with zero attached hydrogens (tertiary/aromatic N) is 1.